The van der Waals surface area contributed by atoms with Crippen LogP contribution in [0.1, 0.15) is 17.3 Å². The van der Waals surface area contributed by atoms with Crippen LogP contribution in [0.25, 0.3) is 0 Å². The molecule has 2 aromatic carbocycles. The van der Waals surface area contributed by atoms with Crippen LogP contribution in [-0.4, -0.2) is 40.4 Å². The molecule has 24 heavy (non-hydrogen) atoms. The first-order chi connectivity index (χ1) is 11.2. The Labute approximate surface area is 139 Å². The summed E-state index contributed by atoms with van der Waals surface area (Å²) in [5.74, 6) is -2.07. The number of hydrogen-bond donors (Lipinski definition) is 4. The minimum absolute atomic E-state index is 0.106. The number of phenols is 2. The molecule has 0 heterocycles. The number of hydrogen-bond acceptors (Lipinski definition) is 6. The first kappa shape index (κ1) is 17.6. The van der Waals surface area contributed by atoms with Gasteiger partial charge >= 0.3 is 139 Å². The molecule has 1 unspecified atom stereocenters. The molecule has 0 fully saturated rings. The van der Waals surface area contributed by atoms with Crippen molar-refractivity contribution in [1.29, 1.82) is 0 Å². The molecule has 2 rings (SSSR count). The van der Waals surface area contributed by atoms with E-state index in [0.717, 1.165) is 24.3 Å². The van der Waals surface area contributed by atoms with E-state index in [1.54, 1.807) is 0 Å². The fourth-order valence-electron chi connectivity index (χ4n) is 1.91. The Kier molecular flexibility index (Phi) is 5.01. The predicted octanol–water partition coefficient (Wildman–Crippen LogP) is 0.482. The number of anilines is 1. The predicted molar refractivity (Wildman–Crippen MR) is 84.2 cm³/mol. The summed E-state index contributed by atoms with van der Waals surface area (Å²) in [6.07, 6.45) is 0. The van der Waals surface area contributed by atoms with Gasteiger partial charge in [-0.1, -0.05) is 0 Å². The van der Waals surface area contributed by atoms with E-state index in [0.29, 0.717) is 0 Å². The Morgan fingerprint density at radius 2 is 1.75 bits per heavy atom. The first-order valence-corrected chi connectivity index (χ1v) is 9.97. The van der Waals surface area contributed by atoms with E-state index in [9.17, 15) is 27.6 Å². The Morgan fingerprint density at radius 1 is 1.08 bits per heavy atom. The number of rotatable bonds is 4. The van der Waals surface area contributed by atoms with E-state index in [2.05, 4.69) is 5.32 Å². The van der Waals surface area contributed by atoms with Crippen molar-refractivity contribution in [1.82, 2.24) is 0 Å². The third kappa shape index (κ3) is 4.18. The number of nitrogens with one attached hydrogen (secondary N) is 1. The van der Waals surface area contributed by atoms with Crippen molar-refractivity contribution >= 4 is 36.1 Å². The fourth-order valence-corrected chi connectivity index (χ4v) is 4.25. The van der Waals surface area contributed by atoms with Gasteiger partial charge in [0, 0.05) is 0 Å². The second-order valence-corrected chi connectivity index (χ2v) is 8.41. The Hall–Kier alpha value is -2.70. The van der Waals surface area contributed by atoms with E-state index in [1.165, 1.54) is 25.1 Å². The van der Waals surface area contributed by atoms with Gasteiger partial charge < -0.3 is 0 Å². The molecule has 0 saturated carbocycles. The molecule has 0 aromatic heterocycles. The van der Waals surface area contributed by atoms with Gasteiger partial charge in [0.2, 0.25) is 0 Å². The van der Waals surface area contributed by atoms with Gasteiger partial charge in [0.05, 0.1) is 0 Å². The van der Waals surface area contributed by atoms with Crippen LogP contribution in [0.15, 0.2) is 42.5 Å². The summed E-state index contributed by atoms with van der Waals surface area (Å²) < 4.78 is 27.0. The van der Waals surface area contributed by atoms with Crippen molar-refractivity contribution < 1.29 is 31.4 Å². The standard InChI is InChI=1S/C15H14AsNO7/c1-9(18)17-14-8-12(20)5-6-13(14)16(22,23)24-15(21)10-3-2-4-11(19)7-10/h2-8,19-20H,1H3,(H,17,18)(H,22,23). The second-order valence-electron chi connectivity index (χ2n) is 4.83. The normalized spacial score (nSPS) is 12.9. The molecule has 4 N–H and O–H groups in total. The van der Waals surface area contributed by atoms with Gasteiger partial charge in [0.15, 0.2) is 0 Å². The van der Waals surface area contributed by atoms with Crippen LogP contribution in [0.2, 0.25) is 0 Å². The first-order valence-electron chi connectivity index (χ1n) is 6.66. The van der Waals surface area contributed by atoms with Gasteiger partial charge in [-0.05, 0) is 0 Å². The van der Waals surface area contributed by atoms with Crippen LogP contribution in [0.5, 0.6) is 11.5 Å². The summed E-state index contributed by atoms with van der Waals surface area (Å²) in [7, 11) is 0. The number of benzene rings is 2. The molecule has 1 amide bonds. The van der Waals surface area contributed by atoms with E-state index in [-0.39, 0.29) is 27.1 Å². The minimum atomic E-state index is -5.38. The molecule has 8 nitrogen and oxygen atoms in total. The fraction of sp³-hybridized carbons (Fsp3) is 0.0667. The van der Waals surface area contributed by atoms with Crippen LogP contribution < -0.4 is 9.67 Å². The second kappa shape index (κ2) is 6.82. The van der Waals surface area contributed by atoms with Gasteiger partial charge in [-0.2, -0.15) is 0 Å². The van der Waals surface area contributed by atoms with Crippen LogP contribution in [-0.2, 0) is 12.3 Å². The zero-order valence-corrected chi connectivity index (χ0v) is 14.3. The summed E-state index contributed by atoms with van der Waals surface area (Å²) in [5.41, 5.74) is -0.234. The molecule has 1 atom stereocenters. The monoisotopic (exact) mass is 395 g/mol. The van der Waals surface area contributed by atoms with Gasteiger partial charge in [0.25, 0.3) is 0 Å². The maximum atomic E-state index is 12.5. The third-order valence-electron chi connectivity index (χ3n) is 2.88. The Morgan fingerprint density at radius 3 is 2.38 bits per heavy atom. The number of phenolic OH excluding ortho intramolecular Hbond substituents is 2. The molecule has 0 saturated heterocycles. The topological polar surface area (TPSA) is 133 Å². The zero-order valence-electron chi connectivity index (χ0n) is 12.5. The van der Waals surface area contributed by atoms with E-state index in [4.69, 9.17) is 3.73 Å². The third-order valence-corrected chi connectivity index (χ3v) is 5.85. The Bertz CT molecular complexity index is 849. The molecule has 126 valence electrons. The van der Waals surface area contributed by atoms with Crippen molar-refractivity contribution in [3.05, 3.63) is 48.0 Å². The number of amides is 1. The summed E-state index contributed by atoms with van der Waals surface area (Å²) >= 11 is -5.38. The Balaban J connectivity index is 2.35. The molecule has 9 heteroatoms. The van der Waals surface area contributed by atoms with Crippen LogP contribution in [0.3, 0.4) is 0 Å². The van der Waals surface area contributed by atoms with Crippen molar-refractivity contribution in [2.45, 2.75) is 6.92 Å². The molecule has 0 aliphatic heterocycles. The summed E-state index contributed by atoms with van der Waals surface area (Å²) in [6.45, 7) is 1.18. The van der Waals surface area contributed by atoms with Crippen molar-refractivity contribution in [2.24, 2.45) is 0 Å². The van der Waals surface area contributed by atoms with E-state index in [1.807, 2.05) is 0 Å². The molecule has 0 radical (unpaired) electrons. The average Bonchev–Trinajstić information content (AvgIpc) is 2.45. The summed E-state index contributed by atoms with van der Waals surface area (Å²) in [5, 5.41) is 21.1. The van der Waals surface area contributed by atoms with Crippen LogP contribution in [0, 0.1) is 0 Å². The van der Waals surface area contributed by atoms with Gasteiger partial charge in [-0.3, -0.25) is 0 Å². The van der Waals surface area contributed by atoms with Crippen LogP contribution in [0.4, 0.5) is 5.69 Å². The molecule has 2 aromatic rings. The number of carbonyl (C=O) groups is 2. The molecule has 0 aliphatic carbocycles. The van der Waals surface area contributed by atoms with Crippen molar-refractivity contribution in [3.63, 3.8) is 0 Å². The average molecular weight is 395 g/mol. The molecule has 0 bridgehead atoms. The SMILES string of the molecule is CC(=O)Nc1cc(O)ccc1[As](=O)(O)OC(=O)c1cccc(O)c1. The molecular weight excluding hydrogens is 381 g/mol. The number of aromatic hydroxyl groups is 2. The summed E-state index contributed by atoms with van der Waals surface area (Å²) in [4.78, 5) is 23.2. The quantitative estimate of drug-likeness (QED) is 0.554. The molecular formula is C15H14AsNO7. The maximum absolute atomic E-state index is 12.5. The zero-order chi connectivity index (χ0) is 17.9. The van der Waals surface area contributed by atoms with Gasteiger partial charge in [0.1, 0.15) is 0 Å². The van der Waals surface area contributed by atoms with Crippen molar-refractivity contribution in [3.8, 4) is 11.5 Å². The van der Waals surface area contributed by atoms with Crippen molar-refractivity contribution in [2.75, 3.05) is 5.32 Å². The van der Waals surface area contributed by atoms with Crippen LogP contribution >= 0.6 is 0 Å². The van der Waals surface area contributed by atoms with Gasteiger partial charge in [-0.25, -0.2) is 0 Å². The van der Waals surface area contributed by atoms with E-state index < -0.39 is 26.0 Å². The number of carbonyl (C=O) groups excluding carboxylic acids is 2. The molecule has 0 spiro atoms. The van der Waals surface area contributed by atoms with Gasteiger partial charge in [-0.15, -0.1) is 0 Å². The summed E-state index contributed by atoms with van der Waals surface area (Å²) in [6, 6.07) is 8.40. The van der Waals surface area contributed by atoms with E-state index >= 15 is 0 Å². The molecule has 0 aliphatic rings.